The van der Waals surface area contributed by atoms with Gasteiger partial charge < -0.3 is 9.05 Å². The van der Waals surface area contributed by atoms with Gasteiger partial charge in [-0.25, -0.2) is 0 Å². The second-order valence-electron chi connectivity index (χ2n) is 7.24. The van der Waals surface area contributed by atoms with E-state index in [-0.39, 0.29) is 12.2 Å². The van der Waals surface area contributed by atoms with Crippen molar-refractivity contribution in [1.82, 2.24) is 0 Å². The van der Waals surface area contributed by atoms with Gasteiger partial charge in [0.2, 0.25) is 0 Å². The third kappa shape index (κ3) is 14.0. The molecule has 0 aromatic carbocycles. The van der Waals surface area contributed by atoms with Crippen molar-refractivity contribution in [3.63, 3.8) is 0 Å². The summed E-state index contributed by atoms with van der Waals surface area (Å²) in [6.45, 7) is 15.9. The molecule has 0 spiro atoms. The Hall–Kier alpha value is -0.890. The molecule has 25 heavy (non-hydrogen) atoms. The Morgan fingerprint density at radius 2 is 1.52 bits per heavy atom. The maximum Gasteiger partial charge on any atom is 0.334 e. The van der Waals surface area contributed by atoms with Crippen LogP contribution in [0.15, 0.2) is 47.1 Å². The predicted molar refractivity (Wildman–Crippen MR) is 110 cm³/mol. The van der Waals surface area contributed by atoms with E-state index in [9.17, 15) is 4.57 Å². The van der Waals surface area contributed by atoms with E-state index in [0.717, 1.165) is 18.4 Å². The molecule has 0 aliphatic heterocycles. The zero-order chi connectivity index (χ0) is 19.5. The molecule has 0 aliphatic carbocycles. The number of allylic oxidation sites excluding steroid dienone is 8. The van der Waals surface area contributed by atoms with Gasteiger partial charge in [0.1, 0.15) is 0 Å². The average molecular weight is 368 g/mol. The van der Waals surface area contributed by atoms with Crippen LogP contribution in [0.1, 0.15) is 68.2 Å². The molecular formula is C21H37O3P. The van der Waals surface area contributed by atoms with Crippen molar-refractivity contribution in [2.24, 2.45) is 0 Å². The first-order valence-corrected chi connectivity index (χ1v) is 10.9. The average Bonchev–Trinajstić information content (AvgIpc) is 2.43. The molecule has 4 heteroatoms. The lowest BCUT2D eigenvalue weighted by molar-refractivity contribution is 0.144. The van der Waals surface area contributed by atoms with Crippen LogP contribution in [0.3, 0.4) is 0 Å². The minimum Gasteiger partial charge on any atom is -0.306 e. The highest BCUT2D eigenvalue weighted by Gasteiger charge is 2.26. The Morgan fingerprint density at radius 3 is 2.00 bits per heavy atom. The molecule has 0 fully saturated rings. The van der Waals surface area contributed by atoms with E-state index < -0.39 is 7.60 Å². The fourth-order valence-electron chi connectivity index (χ4n) is 2.11. The van der Waals surface area contributed by atoms with Gasteiger partial charge in [-0.05, 0) is 68.2 Å². The normalized spacial score (nSPS) is 14.0. The van der Waals surface area contributed by atoms with Crippen LogP contribution in [-0.2, 0) is 13.6 Å². The second kappa shape index (κ2) is 12.5. The first-order chi connectivity index (χ1) is 11.5. The van der Waals surface area contributed by atoms with E-state index in [1.54, 1.807) is 0 Å². The lowest BCUT2D eigenvalue weighted by Crippen LogP contribution is -2.09. The third-order valence-corrected chi connectivity index (χ3v) is 5.33. The van der Waals surface area contributed by atoms with Crippen LogP contribution in [0.2, 0.25) is 0 Å². The number of rotatable bonds is 11. The Morgan fingerprint density at radius 1 is 0.960 bits per heavy atom. The predicted octanol–water partition coefficient (Wildman–Crippen LogP) is 7.22. The molecule has 0 aromatic rings. The smallest absolute Gasteiger partial charge is 0.306 e. The quantitative estimate of drug-likeness (QED) is 0.219. The highest BCUT2D eigenvalue weighted by atomic mass is 31.2. The van der Waals surface area contributed by atoms with Crippen LogP contribution in [0, 0.1) is 0 Å². The van der Waals surface area contributed by atoms with E-state index in [2.05, 4.69) is 32.9 Å². The van der Waals surface area contributed by atoms with Gasteiger partial charge in [-0.1, -0.05) is 47.1 Å². The lowest BCUT2D eigenvalue weighted by Gasteiger charge is -2.21. The van der Waals surface area contributed by atoms with Gasteiger partial charge in [-0.3, -0.25) is 4.57 Å². The fourth-order valence-corrected chi connectivity index (χ4v) is 4.13. The van der Waals surface area contributed by atoms with Crippen molar-refractivity contribution >= 4 is 7.60 Å². The molecule has 0 rings (SSSR count). The topological polar surface area (TPSA) is 35.5 Å². The van der Waals surface area contributed by atoms with Crippen molar-refractivity contribution in [2.75, 3.05) is 6.16 Å². The van der Waals surface area contributed by atoms with Gasteiger partial charge in [-0.15, -0.1) is 0 Å². The molecule has 144 valence electrons. The molecule has 3 nitrogen and oxygen atoms in total. The molecule has 0 unspecified atom stereocenters. The van der Waals surface area contributed by atoms with Crippen LogP contribution in [0.5, 0.6) is 0 Å². The van der Waals surface area contributed by atoms with Gasteiger partial charge in [-0.2, -0.15) is 0 Å². The van der Waals surface area contributed by atoms with Gasteiger partial charge in [0.15, 0.2) is 0 Å². The van der Waals surface area contributed by atoms with Gasteiger partial charge in [0.05, 0.1) is 18.4 Å². The first kappa shape index (κ1) is 24.1. The summed E-state index contributed by atoms with van der Waals surface area (Å²) in [6, 6.07) is 0. The van der Waals surface area contributed by atoms with Crippen molar-refractivity contribution in [1.29, 1.82) is 0 Å². The minimum absolute atomic E-state index is 0.125. The number of hydrogen-bond acceptors (Lipinski definition) is 3. The summed E-state index contributed by atoms with van der Waals surface area (Å²) in [5.41, 5.74) is 3.76. The first-order valence-electron chi connectivity index (χ1n) is 9.14. The van der Waals surface area contributed by atoms with Crippen molar-refractivity contribution < 1.29 is 13.6 Å². The van der Waals surface area contributed by atoms with Gasteiger partial charge >= 0.3 is 7.60 Å². The summed E-state index contributed by atoms with van der Waals surface area (Å²) >= 11 is 0. The Labute approximate surface area is 155 Å². The van der Waals surface area contributed by atoms with Crippen LogP contribution >= 0.6 is 7.60 Å². The van der Waals surface area contributed by atoms with Gasteiger partial charge in [0.25, 0.3) is 0 Å². The zero-order valence-electron chi connectivity index (χ0n) is 17.3. The molecule has 0 N–H and O–H groups in total. The largest absolute Gasteiger partial charge is 0.334 e. The minimum atomic E-state index is -3.09. The SMILES string of the molecule is CC(C)=CCC/C(C)=C/C=C/C(C)=C/CP(=O)(OC(C)C)OC(C)C. The molecule has 0 aromatic heterocycles. The Bertz CT molecular complexity index is 533. The summed E-state index contributed by atoms with van der Waals surface area (Å²) in [4.78, 5) is 0. The molecule has 0 bridgehead atoms. The molecule has 0 atom stereocenters. The van der Waals surface area contributed by atoms with Crippen LogP contribution < -0.4 is 0 Å². The summed E-state index contributed by atoms with van der Waals surface area (Å²) in [5, 5.41) is 0. The van der Waals surface area contributed by atoms with E-state index in [1.807, 2.05) is 52.8 Å². The summed E-state index contributed by atoms with van der Waals surface area (Å²) in [7, 11) is -3.09. The van der Waals surface area contributed by atoms with Crippen molar-refractivity contribution in [2.45, 2.75) is 80.4 Å². The third-order valence-electron chi connectivity index (χ3n) is 3.21. The van der Waals surface area contributed by atoms with Crippen LogP contribution in [-0.4, -0.2) is 18.4 Å². The zero-order valence-corrected chi connectivity index (χ0v) is 18.2. The second-order valence-corrected chi connectivity index (χ2v) is 9.25. The maximum atomic E-state index is 12.8. The standard InChI is InChI=1S/C21H37O3P/c1-17(2)11-9-12-20(7)13-10-14-21(8)15-16-25(22,23-18(3)4)24-19(5)6/h10-11,13-15,18-19H,9,12,16H2,1-8H3/b14-10+,20-13+,21-15+. The Kier molecular flexibility index (Phi) is 12.0. The molecule has 0 heterocycles. The van der Waals surface area contributed by atoms with Crippen molar-refractivity contribution in [3.05, 3.63) is 47.1 Å². The monoisotopic (exact) mass is 368 g/mol. The van der Waals surface area contributed by atoms with E-state index >= 15 is 0 Å². The van der Waals surface area contributed by atoms with E-state index in [4.69, 9.17) is 9.05 Å². The highest BCUT2D eigenvalue weighted by molar-refractivity contribution is 7.54. The maximum absolute atomic E-state index is 12.8. The van der Waals surface area contributed by atoms with E-state index in [1.165, 1.54) is 11.1 Å². The molecule has 0 radical (unpaired) electrons. The fraction of sp³-hybridized carbons (Fsp3) is 0.619. The molecule has 0 amide bonds. The highest BCUT2D eigenvalue weighted by Crippen LogP contribution is 2.50. The van der Waals surface area contributed by atoms with Crippen LogP contribution in [0.25, 0.3) is 0 Å². The van der Waals surface area contributed by atoms with Gasteiger partial charge in [0, 0.05) is 0 Å². The lowest BCUT2D eigenvalue weighted by atomic mass is 10.1. The summed E-state index contributed by atoms with van der Waals surface area (Å²) in [5.74, 6) is 0. The van der Waals surface area contributed by atoms with Crippen molar-refractivity contribution in [3.8, 4) is 0 Å². The van der Waals surface area contributed by atoms with Crippen LogP contribution in [0.4, 0.5) is 0 Å². The molecular weight excluding hydrogens is 331 g/mol. The Balaban J connectivity index is 4.72. The number of hydrogen-bond donors (Lipinski definition) is 0. The summed E-state index contributed by atoms with van der Waals surface area (Å²) in [6.07, 6.45) is 12.6. The molecule has 0 saturated heterocycles. The van der Waals surface area contributed by atoms with E-state index in [0.29, 0.717) is 6.16 Å². The summed E-state index contributed by atoms with van der Waals surface area (Å²) < 4.78 is 23.9. The molecule has 0 saturated carbocycles. The molecule has 0 aliphatic rings.